The topological polar surface area (TPSA) is 59.6 Å². The molecule has 0 aliphatic carbocycles. The molecule has 0 aliphatic rings. The zero-order valence-electron chi connectivity index (χ0n) is 8.55. The van der Waals surface area contributed by atoms with E-state index in [4.69, 9.17) is 16.7 Å². The van der Waals surface area contributed by atoms with Crippen molar-refractivity contribution in [3.63, 3.8) is 0 Å². The molecule has 3 rings (SSSR count). The van der Waals surface area contributed by atoms with Crippen LogP contribution < -0.4 is 0 Å². The number of halogens is 1. The highest BCUT2D eigenvalue weighted by Crippen LogP contribution is 2.17. The van der Waals surface area contributed by atoms with Crippen molar-refractivity contribution in [1.29, 1.82) is 0 Å². The van der Waals surface area contributed by atoms with E-state index in [9.17, 15) is 0 Å². The molecule has 0 bridgehead atoms. The van der Waals surface area contributed by atoms with Crippen LogP contribution in [-0.4, -0.2) is 19.7 Å². The minimum Gasteiger partial charge on any atom is -0.343 e. The van der Waals surface area contributed by atoms with Crippen LogP contribution in [0, 0.1) is 8.34 Å². The Hall–Kier alpha value is -1.22. The molecule has 86 valence electrons. The van der Waals surface area contributed by atoms with Crippen LogP contribution in [0.15, 0.2) is 29.1 Å². The number of nitrogens with zero attached hydrogens (tertiary/aromatic N) is 3. The Balaban J connectivity index is 2.16. The van der Waals surface area contributed by atoms with Gasteiger partial charge in [0.2, 0.25) is 6.39 Å². The molecule has 0 amide bonds. The lowest BCUT2D eigenvalue weighted by Gasteiger charge is -2.00. The van der Waals surface area contributed by atoms with Crippen LogP contribution in [0.4, 0.5) is 0 Å². The molecule has 0 fully saturated rings. The van der Waals surface area contributed by atoms with Crippen molar-refractivity contribution >= 4 is 45.8 Å². The largest absolute Gasteiger partial charge is 0.343 e. The Labute approximate surface area is 115 Å². The molecular formula is C10H7IN4OS. The van der Waals surface area contributed by atoms with Gasteiger partial charge in [-0.2, -0.15) is 4.98 Å². The highest BCUT2D eigenvalue weighted by molar-refractivity contribution is 14.1. The first kappa shape index (κ1) is 10.9. The van der Waals surface area contributed by atoms with Gasteiger partial charge in [-0.05, 0) is 53.0 Å². The molecule has 0 saturated carbocycles. The van der Waals surface area contributed by atoms with Gasteiger partial charge in [-0.15, -0.1) is 0 Å². The third kappa shape index (κ3) is 2.00. The number of hydrogen-bond donors (Lipinski definition) is 1. The number of fused-ring (bicyclic) bond motifs is 1. The molecule has 0 saturated heterocycles. The second-order valence-electron chi connectivity index (χ2n) is 3.53. The Morgan fingerprint density at radius 3 is 3.12 bits per heavy atom. The molecule has 0 spiro atoms. The molecule has 7 heteroatoms. The van der Waals surface area contributed by atoms with Crippen molar-refractivity contribution in [3.05, 3.63) is 38.8 Å². The van der Waals surface area contributed by atoms with Crippen molar-refractivity contribution in [2.45, 2.75) is 6.54 Å². The van der Waals surface area contributed by atoms with Crippen molar-refractivity contribution < 1.29 is 4.52 Å². The van der Waals surface area contributed by atoms with Gasteiger partial charge >= 0.3 is 0 Å². The first-order valence-electron chi connectivity index (χ1n) is 4.87. The molecular weight excluding hydrogens is 351 g/mol. The van der Waals surface area contributed by atoms with Gasteiger partial charge in [0.25, 0.3) is 0 Å². The highest BCUT2D eigenvalue weighted by Gasteiger charge is 2.07. The Bertz CT molecular complexity index is 716. The van der Waals surface area contributed by atoms with Crippen LogP contribution in [-0.2, 0) is 6.54 Å². The molecule has 5 nitrogen and oxygen atoms in total. The molecule has 3 aromatic rings. The number of hydrogen-bond acceptors (Lipinski definition) is 4. The molecule has 0 radical (unpaired) electrons. The van der Waals surface area contributed by atoms with Crippen molar-refractivity contribution in [3.8, 4) is 0 Å². The summed E-state index contributed by atoms with van der Waals surface area (Å²) in [6, 6.07) is 6.13. The van der Waals surface area contributed by atoms with E-state index in [2.05, 4.69) is 43.8 Å². The SMILES string of the molecule is S=c1[nH]c2cc(I)ccc2n1Cc1ncon1. The normalized spacial score (nSPS) is 11.1. The summed E-state index contributed by atoms with van der Waals surface area (Å²) >= 11 is 7.56. The number of H-pyrrole nitrogens is 1. The summed E-state index contributed by atoms with van der Waals surface area (Å²) in [6.45, 7) is 0.510. The minimum absolute atomic E-state index is 0.510. The van der Waals surface area contributed by atoms with Crippen molar-refractivity contribution in [2.24, 2.45) is 0 Å². The van der Waals surface area contributed by atoms with Gasteiger partial charge < -0.3 is 14.1 Å². The molecule has 0 aliphatic heterocycles. The summed E-state index contributed by atoms with van der Waals surface area (Å²) in [5, 5.41) is 3.79. The van der Waals surface area contributed by atoms with Gasteiger partial charge in [-0.3, -0.25) is 0 Å². The molecule has 1 N–H and O–H groups in total. The van der Waals surface area contributed by atoms with Crippen LogP contribution in [0.25, 0.3) is 11.0 Å². The summed E-state index contributed by atoms with van der Waals surface area (Å²) in [5.74, 6) is 0.612. The van der Waals surface area contributed by atoms with Crippen LogP contribution in [0.5, 0.6) is 0 Å². The van der Waals surface area contributed by atoms with E-state index in [1.54, 1.807) is 0 Å². The lowest BCUT2D eigenvalue weighted by atomic mass is 10.3. The molecule has 2 aromatic heterocycles. The van der Waals surface area contributed by atoms with E-state index in [0.717, 1.165) is 14.6 Å². The number of nitrogens with one attached hydrogen (secondary N) is 1. The quantitative estimate of drug-likeness (QED) is 0.565. The van der Waals surface area contributed by atoms with Gasteiger partial charge in [-0.1, -0.05) is 5.16 Å². The van der Waals surface area contributed by atoms with E-state index < -0.39 is 0 Å². The second kappa shape index (κ2) is 4.22. The van der Waals surface area contributed by atoms with E-state index >= 15 is 0 Å². The summed E-state index contributed by atoms with van der Waals surface area (Å²) in [4.78, 5) is 7.16. The third-order valence-electron chi connectivity index (χ3n) is 2.44. The van der Waals surface area contributed by atoms with Crippen molar-refractivity contribution in [2.75, 3.05) is 0 Å². The smallest absolute Gasteiger partial charge is 0.213 e. The summed E-state index contributed by atoms with van der Waals surface area (Å²) in [7, 11) is 0. The third-order valence-corrected chi connectivity index (χ3v) is 3.44. The van der Waals surface area contributed by atoms with Crippen LogP contribution in [0.1, 0.15) is 5.82 Å². The molecule has 1 aromatic carbocycles. The number of imidazole rings is 1. The lowest BCUT2D eigenvalue weighted by Crippen LogP contribution is -2.01. The Morgan fingerprint density at radius 2 is 2.35 bits per heavy atom. The van der Waals surface area contributed by atoms with Gasteiger partial charge in [0.05, 0.1) is 17.6 Å². The van der Waals surface area contributed by atoms with E-state index in [1.165, 1.54) is 6.39 Å². The zero-order chi connectivity index (χ0) is 11.8. The van der Waals surface area contributed by atoms with Crippen molar-refractivity contribution in [1.82, 2.24) is 19.7 Å². The van der Waals surface area contributed by atoms with Gasteiger partial charge in [0, 0.05) is 3.57 Å². The minimum atomic E-state index is 0.510. The fraction of sp³-hybridized carbons (Fsp3) is 0.100. The van der Waals surface area contributed by atoms with Gasteiger partial charge in [0.15, 0.2) is 10.6 Å². The summed E-state index contributed by atoms with van der Waals surface area (Å²) in [5.41, 5.74) is 2.06. The average molecular weight is 358 g/mol. The number of rotatable bonds is 2. The molecule has 17 heavy (non-hydrogen) atoms. The van der Waals surface area contributed by atoms with Crippen LogP contribution >= 0.6 is 34.8 Å². The monoisotopic (exact) mass is 358 g/mol. The first-order valence-corrected chi connectivity index (χ1v) is 6.36. The standard InChI is InChI=1S/C10H7IN4OS/c11-6-1-2-8-7(3-6)13-10(17)15(8)4-9-12-5-16-14-9/h1-3,5H,4H2,(H,13,17). The molecule has 2 heterocycles. The van der Waals surface area contributed by atoms with E-state index in [0.29, 0.717) is 17.1 Å². The Kier molecular flexibility index (Phi) is 2.71. The maximum atomic E-state index is 5.29. The fourth-order valence-corrected chi connectivity index (χ4v) is 2.46. The van der Waals surface area contributed by atoms with Crippen LogP contribution in [0.3, 0.4) is 0 Å². The number of aromatic amines is 1. The zero-order valence-corrected chi connectivity index (χ0v) is 11.5. The predicted molar refractivity (Wildman–Crippen MR) is 73.2 cm³/mol. The lowest BCUT2D eigenvalue weighted by molar-refractivity contribution is 0.408. The predicted octanol–water partition coefficient (Wildman–Crippen LogP) is 2.73. The fourth-order valence-electron chi connectivity index (χ4n) is 1.70. The average Bonchev–Trinajstić information content (AvgIpc) is 2.88. The number of benzene rings is 1. The summed E-state index contributed by atoms with van der Waals surface area (Å²) in [6.07, 6.45) is 1.32. The van der Waals surface area contributed by atoms with Gasteiger partial charge in [0.1, 0.15) is 0 Å². The Morgan fingerprint density at radius 1 is 1.47 bits per heavy atom. The molecule has 0 atom stereocenters. The maximum Gasteiger partial charge on any atom is 0.213 e. The number of aromatic nitrogens is 4. The highest BCUT2D eigenvalue weighted by atomic mass is 127. The maximum absolute atomic E-state index is 5.29. The summed E-state index contributed by atoms with van der Waals surface area (Å²) < 4.78 is 8.49. The second-order valence-corrected chi connectivity index (χ2v) is 5.16. The first-order chi connectivity index (χ1) is 8.24. The molecule has 0 unspecified atom stereocenters. The van der Waals surface area contributed by atoms with Gasteiger partial charge in [-0.25, -0.2) is 0 Å². The van der Waals surface area contributed by atoms with Crippen LogP contribution in [0.2, 0.25) is 0 Å². The van der Waals surface area contributed by atoms with E-state index in [-0.39, 0.29) is 0 Å². The van der Waals surface area contributed by atoms with E-state index in [1.807, 2.05) is 16.7 Å².